The summed E-state index contributed by atoms with van der Waals surface area (Å²) in [6.45, 7) is 0.897. The number of benzene rings is 1. The Hall–Kier alpha value is -2.08. The molecule has 1 aliphatic heterocycles. The average Bonchev–Trinajstić information content (AvgIpc) is 2.40. The molecular weight excluding hydrogens is 236 g/mol. The Bertz CT molecular complexity index is 421. The van der Waals surface area contributed by atoms with Gasteiger partial charge < -0.3 is 9.47 Å². The lowest BCUT2D eigenvalue weighted by Gasteiger charge is -2.26. The molecule has 0 atom stereocenters. The molecule has 1 N–H and O–H groups in total. The van der Waals surface area contributed by atoms with Gasteiger partial charge in [0.1, 0.15) is 13.2 Å². The highest BCUT2D eigenvalue weighted by molar-refractivity contribution is 5.80. The maximum Gasteiger partial charge on any atom is 0.426 e. The van der Waals surface area contributed by atoms with E-state index >= 15 is 0 Å². The Labute approximate surface area is 104 Å². The molecule has 0 saturated carbocycles. The van der Waals surface area contributed by atoms with Gasteiger partial charge in [-0.1, -0.05) is 30.3 Å². The minimum Gasteiger partial charge on any atom is -0.443 e. The molecule has 6 nitrogen and oxygen atoms in total. The van der Waals surface area contributed by atoms with Crippen molar-refractivity contribution in [3.05, 3.63) is 35.9 Å². The van der Waals surface area contributed by atoms with E-state index < -0.39 is 6.09 Å². The topological polar surface area (TPSA) is 67.9 Å². The Morgan fingerprint density at radius 2 is 2.17 bits per heavy atom. The fraction of sp³-hybridized carbons (Fsp3) is 0.333. The molecular formula is C12H14N2O4. The van der Waals surface area contributed by atoms with E-state index in [1.807, 2.05) is 30.3 Å². The maximum absolute atomic E-state index is 11.5. The summed E-state index contributed by atoms with van der Waals surface area (Å²) in [5.41, 5.74) is 3.27. The molecule has 2 rings (SSSR count). The van der Waals surface area contributed by atoms with Crippen LogP contribution in [0.3, 0.4) is 0 Å². The monoisotopic (exact) mass is 250 g/mol. The first-order chi connectivity index (χ1) is 8.75. The summed E-state index contributed by atoms with van der Waals surface area (Å²) in [7, 11) is 0. The van der Waals surface area contributed by atoms with Gasteiger partial charge in [0, 0.05) is 0 Å². The number of morpholine rings is 1. The summed E-state index contributed by atoms with van der Waals surface area (Å²) in [6, 6.07) is 9.32. The van der Waals surface area contributed by atoms with Crippen molar-refractivity contribution >= 4 is 12.0 Å². The molecule has 2 amide bonds. The molecule has 1 saturated heterocycles. The molecule has 1 fully saturated rings. The quantitative estimate of drug-likeness (QED) is 0.856. The molecule has 1 aromatic rings. The molecule has 0 aliphatic carbocycles. The average molecular weight is 250 g/mol. The minimum absolute atomic E-state index is 0.0149. The highest BCUT2D eigenvalue weighted by Gasteiger charge is 2.20. The van der Waals surface area contributed by atoms with Gasteiger partial charge in [-0.3, -0.25) is 4.79 Å². The highest BCUT2D eigenvalue weighted by atomic mass is 16.6. The van der Waals surface area contributed by atoms with Crippen LogP contribution in [0.1, 0.15) is 5.56 Å². The fourth-order valence-corrected chi connectivity index (χ4v) is 1.50. The number of rotatable bonds is 3. The van der Waals surface area contributed by atoms with Gasteiger partial charge in [-0.2, -0.15) is 0 Å². The Morgan fingerprint density at radius 3 is 2.89 bits per heavy atom. The van der Waals surface area contributed by atoms with Crippen molar-refractivity contribution in [2.45, 2.75) is 6.61 Å². The van der Waals surface area contributed by atoms with Gasteiger partial charge in [0.2, 0.25) is 0 Å². The van der Waals surface area contributed by atoms with Crippen molar-refractivity contribution in [3.63, 3.8) is 0 Å². The van der Waals surface area contributed by atoms with Crippen LogP contribution in [0.25, 0.3) is 0 Å². The Kier molecular flexibility index (Phi) is 4.14. The molecule has 6 heteroatoms. The summed E-state index contributed by atoms with van der Waals surface area (Å²) in [5.74, 6) is -0.280. The Morgan fingerprint density at radius 1 is 1.39 bits per heavy atom. The Balaban J connectivity index is 1.76. The summed E-state index contributed by atoms with van der Waals surface area (Å²) in [5, 5.41) is 1.21. The van der Waals surface area contributed by atoms with E-state index in [0.717, 1.165) is 5.56 Å². The molecule has 1 aromatic carbocycles. The predicted molar refractivity (Wildman–Crippen MR) is 62.3 cm³/mol. The molecule has 0 aromatic heterocycles. The van der Waals surface area contributed by atoms with Crippen molar-refractivity contribution in [1.29, 1.82) is 0 Å². The molecule has 18 heavy (non-hydrogen) atoms. The van der Waals surface area contributed by atoms with Crippen LogP contribution in [0.4, 0.5) is 4.79 Å². The van der Waals surface area contributed by atoms with Gasteiger partial charge in [0.25, 0.3) is 5.91 Å². The summed E-state index contributed by atoms with van der Waals surface area (Å²) >= 11 is 0. The van der Waals surface area contributed by atoms with E-state index in [0.29, 0.717) is 13.2 Å². The van der Waals surface area contributed by atoms with Crippen molar-refractivity contribution in [2.24, 2.45) is 0 Å². The van der Waals surface area contributed by atoms with Crippen LogP contribution in [0.15, 0.2) is 30.3 Å². The lowest BCUT2D eigenvalue weighted by molar-refractivity contribution is -0.146. The van der Waals surface area contributed by atoms with Crippen LogP contribution in [0, 0.1) is 0 Å². The highest BCUT2D eigenvalue weighted by Crippen LogP contribution is 2.01. The number of carbonyl (C=O) groups is 2. The standard InChI is InChI=1S/C12H14N2O4/c15-11-9-17-7-6-14(11)13-12(16)18-8-10-4-2-1-3-5-10/h1-5H,6-9H2,(H,13,16). The van der Waals surface area contributed by atoms with E-state index in [9.17, 15) is 9.59 Å². The van der Waals surface area contributed by atoms with Crippen LogP contribution in [0.5, 0.6) is 0 Å². The second kappa shape index (κ2) is 6.02. The lowest BCUT2D eigenvalue weighted by Crippen LogP contribution is -2.52. The summed E-state index contributed by atoms with van der Waals surface area (Å²) in [4.78, 5) is 22.8. The SMILES string of the molecule is O=C(NN1CCOCC1=O)OCc1ccccc1. The maximum atomic E-state index is 11.5. The first-order valence-corrected chi connectivity index (χ1v) is 5.61. The zero-order valence-electron chi connectivity index (χ0n) is 9.80. The van der Waals surface area contributed by atoms with E-state index in [-0.39, 0.29) is 19.1 Å². The van der Waals surface area contributed by atoms with E-state index in [1.165, 1.54) is 5.01 Å². The van der Waals surface area contributed by atoms with Gasteiger partial charge in [0.15, 0.2) is 0 Å². The molecule has 0 unspecified atom stereocenters. The largest absolute Gasteiger partial charge is 0.443 e. The van der Waals surface area contributed by atoms with Crippen LogP contribution in [-0.4, -0.2) is 36.8 Å². The van der Waals surface area contributed by atoms with Crippen molar-refractivity contribution in [3.8, 4) is 0 Å². The molecule has 1 aliphatic rings. The minimum atomic E-state index is -0.644. The predicted octanol–water partition coefficient (Wildman–Crippen LogP) is 0.687. The van der Waals surface area contributed by atoms with Gasteiger partial charge in [-0.25, -0.2) is 15.2 Å². The van der Waals surface area contributed by atoms with E-state index in [2.05, 4.69) is 5.43 Å². The smallest absolute Gasteiger partial charge is 0.426 e. The normalized spacial score (nSPS) is 15.3. The molecule has 96 valence electrons. The number of hydrogen-bond donors (Lipinski definition) is 1. The molecule has 0 spiro atoms. The first kappa shape index (κ1) is 12.4. The number of hydrazine groups is 1. The lowest BCUT2D eigenvalue weighted by atomic mass is 10.2. The second-order valence-electron chi connectivity index (χ2n) is 3.77. The summed E-state index contributed by atoms with van der Waals surface area (Å²) < 4.78 is 9.93. The van der Waals surface area contributed by atoms with Gasteiger partial charge in [-0.05, 0) is 5.56 Å². The number of hydrogen-bond acceptors (Lipinski definition) is 4. The van der Waals surface area contributed by atoms with E-state index in [1.54, 1.807) is 0 Å². The van der Waals surface area contributed by atoms with E-state index in [4.69, 9.17) is 9.47 Å². The number of nitrogens with zero attached hydrogens (tertiary/aromatic N) is 1. The van der Waals surface area contributed by atoms with Gasteiger partial charge >= 0.3 is 6.09 Å². The van der Waals surface area contributed by atoms with Crippen LogP contribution in [0.2, 0.25) is 0 Å². The zero-order valence-corrected chi connectivity index (χ0v) is 9.80. The van der Waals surface area contributed by atoms with Crippen LogP contribution >= 0.6 is 0 Å². The van der Waals surface area contributed by atoms with Crippen molar-refractivity contribution in [2.75, 3.05) is 19.8 Å². The number of ether oxygens (including phenoxy) is 2. The van der Waals surface area contributed by atoms with Crippen LogP contribution in [-0.2, 0) is 20.9 Å². The van der Waals surface area contributed by atoms with Crippen molar-refractivity contribution < 1.29 is 19.1 Å². The molecule has 1 heterocycles. The summed E-state index contributed by atoms with van der Waals surface area (Å²) in [6.07, 6.45) is -0.644. The molecule has 0 radical (unpaired) electrons. The van der Waals surface area contributed by atoms with Gasteiger partial charge in [-0.15, -0.1) is 0 Å². The third kappa shape index (κ3) is 3.46. The number of nitrogens with one attached hydrogen (secondary N) is 1. The van der Waals surface area contributed by atoms with Crippen LogP contribution < -0.4 is 5.43 Å². The zero-order chi connectivity index (χ0) is 12.8. The third-order valence-electron chi connectivity index (χ3n) is 2.42. The number of carbonyl (C=O) groups excluding carboxylic acids is 2. The third-order valence-corrected chi connectivity index (χ3v) is 2.42. The second-order valence-corrected chi connectivity index (χ2v) is 3.77. The van der Waals surface area contributed by atoms with Crippen molar-refractivity contribution in [1.82, 2.24) is 10.4 Å². The van der Waals surface area contributed by atoms with Gasteiger partial charge in [0.05, 0.1) is 13.2 Å². The number of amides is 2. The first-order valence-electron chi connectivity index (χ1n) is 5.61. The molecule has 0 bridgehead atoms. The fourth-order valence-electron chi connectivity index (χ4n) is 1.50.